The van der Waals surface area contributed by atoms with E-state index in [4.69, 9.17) is 4.74 Å². The molecular formula is C18H19N5O3. The second-order valence-corrected chi connectivity index (χ2v) is 6.16. The quantitative estimate of drug-likeness (QED) is 0.667. The van der Waals surface area contributed by atoms with Gasteiger partial charge in [0, 0.05) is 25.0 Å². The number of hydrogen-bond acceptors (Lipinski definition) is 5. The zero-order valence-corrected chi connectivity index (χ0v) is 14.3. The normalized spacial score (nSPS) is 17.4. The molecular weight excluding hydrogens is 334 g/mol. The standard InChI is InChI=1S/C18H19N5O3/c1-26-17-12(8-11-4-2-3-5-13(11)22-17)14-9-20-16(21-14)15-10-23(18(24)25)7-6-19-15/h2-5,8-9,15,19H,6-7,10H2,1H3,(H,20,21)(H,24,25)/t15-/m0/s1. The number of benzene rings is 1. The molecule has 3 N–H and O–H groups in total. The molecule has 2 aromatic heterocycles. The summed E-state index contributed by atoms with van der Waals surface area (Å²) in [5, 5.41) is 13.5. The highest BCUT2D eigenvalue weighted by molar-refractivity contribution is 5.85. The van der Waals surface area contributed by atoms with Crippen molar-refractivity contribution in [3.05, 3.63) is 42.4 Å². The van der Waals surface area contributed by atoms with Crippen molar-refractivity contribution >= 4 is 17.0 Å². The van der Waals surface area contributed by atoms with Crippen LogP contribution in [0.5, 0.6) is 5.88 Å². The first-order chi connectivity index (χ1) is 12.7. The molecule has 0 spiro atoms. The fourth-order valence-electron chi connectivity index (χ4n) is 3.20. The Hall–Kier alpha value is -3.13. The van der Waals surface area contributed by atoms with Crippen molar-refractivity contribution in [3.8, 4) is 17.1 Å². The largest absolute Gasteiger partial charge is 0.480 e. The van der Waals surface area contributed by atoms with Crippen LogP contribution in [0.15, 0.2) is 36.5 Å². The number of piperazine rings is 1. The fraction of sp³-hybridized carbons (Fsp3) is 0.278. The minimum atomic E-state index is -0.913. The number of aromatic nitrogens is 3. The number of methoxy groups -OCH3 is 1. The van der Waals surface area contributed by atoms with Crippen molar-refractivity contribution in [1.82, 2.24) is 25.2 Å². The molecule has 1 saturated heterocycles. The summed E-state index contributed by atoms with van der Waals surface area (Å²) in [6.07, 6.45) is 0.814. The third-order valence-electron chi connectivity index (χ3n) is 4.54. The Morgan fingerprint density at radius 2 is 2.23 bits per heavy atom. The van der Waals surface area contributed by atoms with Gasteiger partial charge < -0.3 is 25.0 Å². The topological polar surface area (TPSA) is 103 Å². The molecule has 26 heavy (non-hydrogen) atoms. The van der Waals surface area contributed by atoms with Gasteiger partial charge in [-0.3, -0.25) is 0 Å². The molecule has 8 heteroatoms. The number of rotatable bonds is 3. The number of para-hydroxylation sites is 1. The molecule has 4 rings (SSSR count). The van der Waals surface area contributed by atoms with Crippen LogP contribution in [-0.4, -0.2) is 57.8 Å². The maximum absolute atomic E-state index is 11.2. The van der Waals surface area contributed by atoms with Gasteiger partial charge in [0.15, 0.2) is 0 Å². The average Bonchev–Trinajstić information content (AvgIpc) is 3.17. The first-order valence-corrected chi connectivity index (χ1v) is 8.36. The predicted molar refractivity (Wildman–Crippen MR) is 96.2 cm³/mol. The molecule has 0 aliphatic carbocycles. The van der Waals surface area contributed by atoms with Gasteiger partial charge in [0.25, 0.3) is 0 Å². The van der Waals surface area contributed by atoms with Crippen molar-refractivity contribution in [2.45, 2.75) is 6.04 Å². The van der Waals surface area contributed by atoms with Gasteiger partial charge in [-0.15, -0.1) is 0 Å². The third kappa shape index (κ3) is 2.95. The summed E-state index contributed by atoms with van der Waals surface area (Å²) in [5.41, 5.74) is 2.46. The molecule has 3 aromatic rings. The maximum Gasteiger partial charge on any atom is 0.407 e. The molecule has 1 aliphatic rings. The molecule has 1 amide bonds. The van der Waals surface area contributed by atoms with Crippen molar-refractivity contribution in [2.75, 3.05) is 26.7 Å². The summed E-state index contributed by atoms with van der Waals surface area (Å²) in [6, 6.07) is 9.67. The molecule has 0 saturated carbocycles. The summed E-state index contributed by atoms with van der Waals surface area (Å²) in [4.78, 5) is 24.9. The lowest BCUT2D eigenvalue weighted by atomic mass is 10.1. The maximum atomic E-state index is 11.2. The number of carbonyl (C=O) groups is 1. The van der Waals surface area contributed by atoms with Gasteiger partial charge in [-0.2, -0.15) is 0 Å². The highest BCUT2D eigenvalue weighted by Gasteiger charge is 2.26. The van der Waals surface area contributed by atoms with E-state index in [1.54, 1.807) is 13.3 Å². The Morgan fingerprint density at radius 1 is 1.38 bits per heavy atom. The lowest BCUT2D eigenvalue weighted by Crippen LogP contribution is -2.48. The van der Waals surface area contributed by atoms with Crippen molar-refractivity contribution < 1.29 is 14.6 Å². The first-order valence-electron chi connectivity index (χ1n) is 8.36. The van der Waals surface area contributed by atoms with Gasteiger partial charge in [-0.05, 0) is 12.1 Å². The van der Waals surface area contributed by atoms with Crippen LogP contribution in [-0.2, 0) is 0 Å². The zero-order chi connectivity index (χ0) is 18.1. The number of nitrogens with one attached hydrogen (secondary N) is 2. The summed E-state index contributed by atoms with van der Waals surface area (Å²) in [6.45, 7) is 1.42. The number of fused-ring (bicyclic) bond motifs is 1. The monoisotopic (exact) mass is 353 g/mol. The van der Waals surface area contributed by atoms with Gasteiger partial charge in [0.1, 0.15) is 5.82 Å². The van der Waals surface area contributed by atoms with E-state index < -0.39 is 6.09 Å². The van der Waals surface area contributed by atoms with Crippen molar-refractivity contribution in [3.63, 3.8) is 0 Å². The second-order valence-electron chi connectivity index (χ2n) is 6.16. The van der Waals surface area contributed by atoms with Crippen LogP contribution in [0.2, 0.25) is 0 Å². The van der Waals surface area contributed by atoms with Gasteiger partial charge in [0.2, 0.25) is 5.88 Å². The number of hydrogen-bond donors (Lipinski definition) is 3. The smallest absolute Gasteiger partial charge is 0.407 e. The summed E-state index contributed by atoms with van der Waals surface area (Å²) < 4.78 is 5.45. The number of amides is 1. The Morgan fingerprint density at radius 3 is 3.04 bits per heavy atom. The van der Waals surface area contributed by atoms with Crippen molar-refractivity contribution in [1.29, 1.82) is 0 Å². The Bertz CT molecular complexity index is 955. The fourth-order valence-corrected chi connectivity index (χ4v) is 3.20. The van der Waals surface area contributed by atoms with Crippen LogP contribution in [0, 0.1) is 0 Å². The SMILES string of the molecule is COc1nc2ccccc2cc1-c1cnc([C@@H]2CN(C(=O)O)CCN2)[nH]1. The van der Waals surface area contributed by atoms with E-state index in [-0.39, 0.29) is 6.04 Å². The molecule has 0 bridgehead atoms. The van der Waals surface area contributed by atoms with E-state index in [1.165, 1.54) is 4.90 Å². The van der Waals surface area contributed by atoms with Gasteiger partial charge in [0.05, 0.1) is 36.1 Å². The predicted octanol–water partition coefficient (Wildman–Crippen LogP) is 2.26. The molecule has 1 fully saturated rings. The number of H-pyrrole nitrogens is 1. The van der Waals surface area contributed by atoms with Crippen LogP contribution >= 0.6 is 0 Å². The van der Waals surface area contributed by atoms with E-state index in [9.17, 15) is 9.90 Å². The van der Waals surface area contributed by atoms with E-state index in [1.807, 2.05) is 30.3 Å². The highest BCUT2D eigenvalue weighted by atomic mass is 16.5. The summed E-state index contributed by atoms with van der Waals surface area (Å²) in [7, 11) is 1.59. The molecule has 3 heterocycles. The lowest BCUT2D eigenvalue weighted by molar-refractivity contribution is 0.128. The van der Waals surface area contributed by atoms with Gasteiger partial charge in [-0.25, -0.2) is 14.8 Å². The van der Waals surface area contributed by atoms with Crippen LogP contribution in [0.4, 0.5) is 4.79 Å². The van der Waals surface area contributed by atoms with Crippen LogP contribution < -0.4 is 10.1 Å². The first kappa shape index (κ1) is 16.3. The molecule has 1 atom stereocenters. The van der Waals surface area contributed by atoms with E-state index >= 15 is 0 Å². The summed E-state index contributed by atoms with van der Waals surface area (Å²) >= 11 is 0. The number of imidazole rings is 1. The molecule has 134 valence electrons. The Balaban J connectivity index is 1.67. The lowest BCUT2D eigenvalue weighted by Gasteiger charge is -2.30. The number of aromatic amines is 1. The van der Waals surface area contributed by atoms with Crippen LogP contribution in [0.1, 0.15) is 11.9 Å². The van der Waals surface area contributed by atoms with E-state index in [0.717, 1.165) is 22.2 Å². The van der Waals surface area contributed by atoms with Gasteiger partial charge in [-0.1, -0.05) is 18.2 Å². The van der Waals surface area contributed by atoms with E-state index in [2.05, 4.69) is 20.3 Å². The molecule has 0 unspecified atom stereocenters. The van der Waals surface area contributed by atoms with Gasteiger partial charge >= 0.3 is 6.09 Å². The minimum absolute atomic E-state index is 0.173. The zero-order valence-electron chi connectivity index (χ0n) is 14.3. The number of pyridine rings is 1. The van der Waals surface area contributed by atoms with Crippen LogP contribution in [0.3, 0.4) is 0 Å². The minimum Gasteiger partial charge on any atom is -0.480 e. The number of nitrogens with zero attached hydrogens (tertiary/aromatic N) is 3. The third-order valence-corrected chi connectivity index (χ3v) is 4.54. The molecule has 1 aliphatic heterocycles. The molecule has 0 radical (unpaired) electrons. The highest BCUT2D eigenvalue weighted by Crippen LogP contribution is 2.31. The average molecular weight is 353 g/mol. The molecule has 8 nitrogen and oxygen atoms in total. The number of carboxylic acid groups (broad SMARTS) is 1. The Labute approximate surface area is 149 Å². The second kappa shape index (κ2) is 6.64. The van der Waals surface area contributed by atoms with E-state index in [0.29, 0.717) is 31.3 Å². The van der Waals surface area contributed by atoms with Crippen LogP contribution in [0.25, 0.3) is 22.2 Å². The van der Waals surface area contributed by atoms with Crippen molar-refractivity contribution in [2.24, 2.45) is 0 Å². The Kier molecular flexibility index (Phi) is 4.18. The molecule has 1 aromatic carbocycles. The summed E-state index contributed by atoms with van der Waals surface area (Å²) in [5.74, 6) is 1.21. The number of ether oxygens (including phenoxy) is 1.